The fourth-order valence-corrected chi connectivity index (χ4v) is 4.42. The van der Waals surface area contributed by atoms with Gasteiger partial charge in [-0.2, -0.15) is 0 Å². The van der Waals surface area contributed by atoms with E-state index in [4.69, 9.17) is 4.42 Å². The first-order chi connectivity index (χ1) is 13.5. The number of furan rings is 1. The average Bonchev–Trinajstić information content (AvgIpc) is 3.35. The number of likely N-dealkylation sites (tertiary alicyclic amines) is 1. The van der Waals surface area contributed by atoms with Gasteiger partial charge in [0.05, 0.1) is 6.04 Å². The molecule has 0 bridgehead atoms. The number of piperidine rings is 1. The summed E-state index contributed by atoms with van der Waals surface area (Å²) in [5, 5.41) is 7.31. The highest BCUT2D eigenvalue weighted by Crippen LogP contribution is 2.29. The number of rotatable bonds is 4. The van der Waals surface area contributed by atoms with E-state index in [9.17, 15) is 9.59 Å². The first-order valence-corrected chi connectivity index (χ1v) is 10.3. The van der Waals surface area contributed by atoms with Crippen molar-refractivity contribution in [2.75, 3.05) is 26.2 Å². The molecular formula is C22H30ClN3O3. The molecule has 2 amide bonds. The molecule has 0 spiro atoms. The summed E-state index contributed by atoms with van der Waals surface area (Å²) in [5.74, 6) is 0.782. The lowest BCUT2D eigenvalue weighted by atomic mass is 9.97. The number of hydrogen-bond acceptors (Lipinski definition) is 4. The molecule has 0 radical (unpaired) electrons. The first-order valence-electron chi connectivity index (χ1n) is 10.3. The van der Waals surface area contributed by atoms with Crippen molar-refractivity contribution in [1.29, 1.82) is 0 Å². The lowest BCUT2D eigenvalue weighted by Gasteiger charge is -2.32. The number of para-hydroxylation sites is 1. The molecule has 2 saturated heterocycles. The maximum atomic E-state index is 13.1. The quantitative estimate of drug-likeness (QED) is 0.798. The normalized spacial score (nSPS) is 21.8. The van der Waals surface area contributed by atoms with Gasteiger partial charge >= 0.3 is 0 Å². The van der Waals surface area contributed by atoms with Crippen LogP contribution in [0.3, 0.4) is 0 Å². The summed E-state index contributed by atoms with van der Waals surface area (Å²) in [6.45, 7) is 6.89. The maximum Gasteiger partial charge on any atom is 0.289 e. The smallest absolute Gasteiger partial charge is 0.289 e. The number of hydrogen-bond donors (Lipinski definition) is 2. The molecule has 2 aliphatic rings. The second kappa shape index (κ2) is 9.18. The lowest BCUT2D eigenvalue weighted by Crippen LogP contribution is -2.46. The third kappa shape index (κ3) is 4.43. The zero-order valence-electron chi connectivity index (χ0n) is 17.1. The molecule has 3 heterocycles. The highest BCUT2D eigenvalue weighted by molar-refractivity contribution is 5.99. The van der Waals surface area contributed by atoms with Crippen LogP contribution in [0.5, 0.6) is 0 Å². The minimum atomic E-state index is -0.0530. The van der Waals surface area contributed by atoms with Crippen LogP contribution in [-0.4, -0.2) is 48.9 Å². The van der Waals surface area contributed by atoms with E-state index >= 15 is 0 Å². The van der Waals surface area contributed by atoms with Gasteiger partial charge in [0.25, 0.3) is 5.91 Å². The van der Waals surface area contributed by atoms with Crippen molar-refractivity contribution in [3.63, 3.8) is 0 Å². The van der Waals surface area contributed by atoms with Gasteiger partial charge in [-0.1, -0.05) is 18.2 Å². The predicted molar refractivity (Wildman–Crippen MR) is 116 cm³/mol. The number of aryl methyl sites for hydroxylation is 2. The Hall–Kier alpha value is -2.05. The Morgan fingerprint density at radius 2 is 2.07 bits per heavy atom. The molecule has 4 rings (SSSR count). The molecule has 1 aromatic carbocycles. The van der Waals surface area contributed by atoms with Crippen LogP contribution in [0.15, 0.2) is 22.6 Å². The van der Waals surface area contributed by atoms with Crippen molar-refractivity contribution in [2.45, 2.75) is 45.6 Å². The number of nitrogens with zero attached hydrogens (tertiary/aromatic N) is 1. The number of halogens is 1. The van der Waals surface area contributed by atoms with Gasteiger partial charge in [-0.15, -0.1) is 12.4 Å². The van der Waals surface area contributed by atoms with Crippen LogP contribution in [0.4, 0.5) is 0 Å². The summed E-state index contributed by atoms with van der Waals surface area (Å²) < 4.78 is 5.98. The zero-order chi connectivity index (χ0) is 19.7. The minimum Gasteiger partial charge on any atom is -0.450 e. The molecule has 2 N–H and O–H groups in total. The SMILES string of the molecule is Cc1c(C(=O)N2CCCC(CNC(=O)C3CCCN3)C2)oc2c(C)cccc12.Cl. The summed E-state index contributed by atoms with van der Waals surface area (Å²) in [6, 6.07) is 5.94. The third-order valence-electron chi connectivity index (χ3n) is 6.10. The lowest BCUT2D eigenvalue weighted by molar-refractivity contribution is -0.123. The van der Waals surface area contributed by atoms with Crippen molar-refractivity contribution < 1.29 is 14.0 Å². The molecule has 2 fully saturated rings. The van der Waals surface area contributed by atoms with Gasteiger partial charge in [0.15, 0.2) is 5.76 Å². The molecule has 158 valence electrons. The van der Waals surface area contributed by atoms with Crippen LogP contribution in [0.1, 0.15) is 47.4 Å². The van der Waals surface area contributed by atoms with E-state index in [1.165, 1.54) is 0 Å². The number of fused-ring (bicyclic) bond motifs is 1. The van der Waals surface area contributed by atoms with Gasteiger partial charge < -0.3 is 20.0 Å². The number of carbonyl (C=O) groups excluding carboxylic acids is 2. The number of nitrogens with one attached hydrogen (secondary N) is 2. The van der Waals surface area contributed by atoms with E-state index in [1.54, 1.807) is 0 Å². The van der Waals surface area contributed by atoms with Gasteiger partial charge in [0.1, 0.15) is 5.58 Å². The summed E-state index contributed by atoms with van der Waals surface area (Å²) in [6.07, 6.45) is 3.94. The second-order valence-corrected chi connectivity index (χ2v) is 8.16. The van der Waals surface area contributed by atoms with Crippen LogP contribution in [-0.2, 0) is 4.79 Å². The summed E-state index contributed by atoms with van der Waals surface area (Å²) >= 11 is 0. The Bertz CT molecular complexity index is 889. The van der Waals surface area contributed by atoms with Gasteiger partial charge in [0, 0.05) is 30.6 Å². The van der Waals surface area contributed by atoms with Crippen LogP contribution in [0.2, 0.25) is 0 Å². The van der Waals surface area contributed by atoms with Crippen LogP contribution in [0, 0.1) is 19.8 Å². The first kappa shape index (κ1) is 21.7. The van der Waals surface area contributed by atoms with E-state index in [0.717, 1.165) is 60.9 Å². The van der Waals surface area contributed by atoms with E-state index in [0.29, 0.717) is 18.8 Å². The van der Waals surface area contributed by atoms with E-state index in [1.807, 2.05) is 36.9 Å². The fraction of sp³-hybridized carbons (Fsp3) is 0.545. The summed E-state index contributed by atoms with van der Waals surface area (Å²) in [4.78, 5) is 27.2. The molecule has 29 heavy (non-hydrogen) atoms. The molecule has 2 aliphatic heterocycles. The van der Waals surface area contributed by atoms with E-state index in [-0.39, 0.29) is 36.2 Å². The number of carbonyl (C=O) groups is 2. The third-order valence-corrected chi connectivity index (χ3v) is 6.10. The van der Waals surface area contributed by atoms with Crippen molar-refractivity contribution in [1.82, 2.24) is 15.5 Å². The Labute approximate surface area is 177 Å². The molecule has 6 nitrogen and oxygen atoms in total. The van der Waals surface area contributed by atoms with Gasteiger partial charge in [0.2, 0.25) is 5.91 Å². The molecule has 1 aromatic heterocycles. The van der Waals surface area contributed by atoms with Gasteiger partial charge in [-0.05, 0) is 57.6 Å². The molecule has 2 aromatic rings. The maximum absolute atomic E-state index is 13.1. The van der Waals surface area contributed by atoms with E-state index < -0.39 is 0 Å². The Morgan fingerprint density at radius 3 is 2.79 bits per heavy atom. The Kier molecular flexibility index (Phi) is 6.85. The van der Waals surface area contributed by atoms with Crippen LogP contribution < -0.4 is 10.6 Å². The standard InChI is InChI=1S/C22H29N3O3.ClH/c1-14-6-3-8-17-15(2)20(28-19(14)17)22(27)25-11-5-7-16(13-25)12-24-21(26)18-9-4-10-23-18;/h3,6,8,16,18,23H,4-5,7,9-13H2,1-2H3,(H,24,26);1H. The van der Waals surface area contributed by atoms with E-state index in [2.05, 4.69) is 10.6 Å². The largest absolute Gasteiger partial charge is 0.450 e. The fourth-order valence-electron chi connectivity index (χ4n) is 4.42. The Morgan fingerprint density at radius 1 is 1.24 bits per heavy atom. The molecule has 2 unspecified atom stereocenters. The molecule has 7 heteroatoms. The number of benzene rings is 1. The van der Waals surface area contributed by atoms with Crippen molar-refractivity contribution >= 4 is 35.2 Å². The number of amides is 2. The molecule has 2 atom stereocenters. The summed E-state index contributed by atoms with van der Waals surface area (Å²) in [7, 11) is 0. The zero-order valence-corrected chi connectivity index (χ0v) is 17.9. The Balaban J connectivity index is 0.00000240. The topological polar surface area (TPSA) is 74.6 Å². The molecule has 0 saturated carbocycles. The predicted octanol–water partition coefficient (Wildman–Crippen LogP) is 3.19. The van der Waals surface area contributed by atoms with Crippen molar-refractivity contribution in [3.05, 3.63) is 35.1 Å². The highest BCUT2D eigenvalue weighted by atomic mass is 35.5. The minimum absolute atomic E-state index is 0. The van der Waals surface area contributed by atoms with Gasteiger partial charge in [-0.3, -0.25) is 9.59 Å². The van der Waals surface area contributed by atoms with Crippen molar-refractivity contribution in [2.24, 2.45) is 5.92 Å². The van der Waals surface area contributed by atoms with Crippen LogP contribution in [0.25, 0.3) is 11.0 Å². The monoisotopic (exact) mass is 419 g/mol. The average molecular weight is 420 g/mol. The van der Waals surface area contributed by atoms with Crippen molar-refractivity contribution in [3.8, 4) is 0 Å². The second-order valence-electron chi connectivity index (χ2n) is 8.16. The molecule has 0 aliphatic carbocycles. The van der Waals surface area contributed by atoms with Gasteiger partial charge in [-0.25, -0.2) is 0 Å². The highest BCUT2D eigenvalue weighted by Gasteiger charge is 2.29. The summed E-state index contributed by atoms with van der Waals surface area (Å²) in [5.41, 5.74) is 2.75. The van der Waals surface area contributed by atoms with Crippen LogP contribution >= 0.6 is 12.4 Å². The molecular weight excluding hydrogens is 390 g/mol.